The Hall–Kier alpha value is -1.46. The van der Waals surface area contributed by atoms with Crippen molar-refractivity contribution in [1.29, 1.82) is 0 Å². The molecule has 0 bridgehead atoms. The van der Waals surface area contributed by atoms with E-state index in [2.05, 4.69) is 21.2 Å². The molecule has 2 aromatic carbocycles. The molecule has 0 unspecified atom stereocenters. The summed E-state index contributed by atoms with van der Waals surface area (Å²) < 4.78 is 33.2. The average molecular weight is 354 g/mol. The van der Waals surface area contributed by atoms with Gasteiger partial charge in [0.25, 0.3) is 0 Å². The van der Waals surface area contributed by atoms with Gasteiger partial charge in [-0.2, -0.15) is 0 Å². The molecule has 0 amide bonds. The van der Waals surface area contributed by atoms with Gasteiger partial charge in [-0.05, 0) is 42.7 Å². The van der Waals surface area contributed by atoms with E-state index >= 15 is 0 Å². The molecule has 0 atom stereocenters. The van der Waals surface area contributed by atoms with Crippen molar-refractivity contribution >= 4 is 15.9 Å². The van der Waals surface area contributed by atoms with Crippen LogP contribution >= 0.6 is 15.9 Å². The normalized spacial score (nSPS) is 14.2. The van der Waals surface area contributed by atoms with E-state index in [1.165, 1.54) is 31.0 Å². The Morgan fingerprint density at radius 3 is 2.62 bits per heavy atom. The lowest BCUT2D eigenvalue weighted by molar-refractivity contribution is 0.437. The van der Waals surface area contributed by atoms with Gasteiger partial charge in [0.2, 0.25) is 0 Å². The third-order valence-corrected chi connectivity index (χ3v) is 3.69. The molecule has 0 heterocycles. The monoisotopic (exact) mass is 353 g/mol. The summed E-state index contributed by atoms with van der Waals surface area (Å²) in [5, 5.41) is 3.32. The van der Waals surface area contributed by atoms with Crippen LogP contribution in [0.15, 0.2) is 40.9 Å². The molecule has 2 nitrogen and oxygen atoms in total. The highest BCUT2D eigenvalue weighted by Crippen LogP contribution is 2.28. The second-order valence-electron chi connectivity index (χ2n) is 5.13. The Kier molecular flexibility index (Phi) is 4.22. The van der Waals surface area contributed by atoms with Gasteiger partial charge in [0.15, 0.2) is 11.6 Å². The molecule has 1 aliphatic carbocycles. The van der Waals surface area contributed by atoms with Crippen LogP contribution in [-0.2, 0) is 6.54 Å². The Morgan fingerprint density at radius 2 is 1.95 bits per heavy atom. The molecule has 0 aliphatic heterocycles. The van der Waals surface area contributed by atoms with Gasteiger partial charge in [-0.3, -0.25) is 0 Å². The van der Waals surface area contributed by atoms with Crippen molar-refractivity contribution in [3.63, 3.8) is 0 Å². The third kappa shape index (κ3) is 4.02. The summed E-state index contributed by atoms with van der Waals surface area (Å²) >= 11 is 3.17. The predicted octanol–water partition coefficient (Wildman–Crippen LogP) is 4.77. The first kappa shape index (κ1) is 14.5. The largest absolute Gasteiger partial charge is 0.454 e. The predicted molar refractivity (Wildman–Crippen MR) is 80.4 cm³/mol. The van der Waals surface area contributed by atoms with E-state index in [-0.39, 0.29) is 11.5 Å². The summed E-state index contributed by atoms with van der Waals surface area (Å²) in [5.41, 5.74) is 0.868. The zero-order valence-corrected chi connectivity index (χ0v) is 12.8. The number of halogens is 3. The summed E-state index contributed by atoms with van der Waals surface area (Å²) in [6.45, 7) is 0.646. The van der Waals surface area contributed by atoms with Crippen LogP contribution in [0, 0.1) is 11.6 Å². The lowest BCUT2D eigenvalue weighted by Crippen LogP contribution is -2.15. The molecule has 0 saturated heterocycles. The minimum absolute atomic E-state index is 0.0858. The molecule has 0 radical (unpaired) electrons. The second kappa shape index (κ2) is 6.12. The highest BCUT2D eigenvalue weighted by atomic mass is 79.9. The van der Waals surface area contributed by atoms with Crippen molar-refractivity contribution in [2.45, 2.75) is 25.4 Å². The SMILES string of the molecule is Fc1cc(Br)cc(Oc2ccc(CNC3CC3)cc2F)c1. The smallest absolute Gasteiger partial charge is 0.166 e. The van der Waals surface area contributed by atoms with Gasteiger partial charge in [-0.25, -0.2) is 8.78 Å². The maximum Gasteiger partial charge on any atom is 0.166 e. The molecule has 0 spiro atoms. The molecule has 1 N–H and O–H groups in total. The van der Waals surface area contributed by atoms with Crippen molar-refractivity contribution < 1.29 is 13.5 Å². The molecular formula is C16H14BrF2NO. The molecule has 1 fully saturated rings. The van der Waals surface area contributed by atoms with E-state index in [1.807, 2.05) is 6.07 Å². The summed E-state index contributed by atoms with van der Waals surface area (Å²) in [4.78, 5) is 0. The fourth-order valence-electron chi connectivity index (χ4n) is 2.00. The molecule has 0 aromatic heterocycles. The first-order chi connectivity index (χ1) is 10.1. The van der Waals surface area contributed by atoms with E-state index in [1.54, 1.807) is 12.1 Å². The molecule has 2 aromatic rings. The fourth-order valence-corrected chi connectivity index (χ4v) is 2.45. The topological polar surface area (TPSA) is 21.3 Å². The summed E-state index contributed by atoms with van der Waals surface area (Å²) in [6.07, 6.45) is 2.39. The van der Waals surface area contributed by atoms with Crippen LogP contribution in [0.3, 0.4) is 0 Å². The minimum atomic E-state index is -0.453. The van der Waals surface area contributed by atoms with Crippen LogP contribution < -0.4 is 10.1 Å². The molecule has 5 heteroatoms. The molecular weight excluding hydrogens is 340 g/mol. The Morgan fingerprint density at radius 1 is 1.14 bits per heavy atom. The van der Waals surface area contributed by atoms with Gasteiger partial charge in [-0.1, -0.05) is 22.0 Å². The van der Waals surface area contributed by atoms with E-state index in [0.29, 0.717) is 17.1 Å². The number of hydrogen-bond donors (Lipinski definition) is 1. The van der Waals surface area contributed by atoms with Crippen LogP contribution in [-0.4, -0.2) is 6.04 Å². The maximum absolute atomic E-state index is 14.0. The number of nitrogens with one attached hydrogen (secondary N) is 1. The highest BCUT2D eigenvalue weighted by molar-refractivity contribution is 9.10. The zero-order chi connectivity index (χ0) is 14.8. The van der Waals surface area contributed by atoms with E-state index in [4.69, 9.17) is 4.74 Å². The summed E-state index contributed by atoms with van der Waals surface area (Å²) in [7, 11) is 0. The summed E-state index contributed by atoms with van der Waals surface area (Å²) in [5.74, 6) is -0.553. The lowest BCUT2D eigenvalue weighted by Gasteiger charge is -2.09. The van der Waals surface area contributed by atoms with Crippen molar-refractivity contribution in [2.24, 2.45) is 0 Å². The quantitative estimate of drug-likeness (QED) is 0.835. The van der Waals surface area contributed by atoms with Gasteiger partial charge in [-0.15, -0.1) is 0 Å². The van der Waals surface area contributed by atoms with Crippen molar-refractivity contribution in [2.75, 3.05) is 0 Å². The Bertz CT molecular complexity index is 638. The molecule has 1 aliphatic rings. The lowest BCUT2D eigenvalue weighted by atomic mass is 10.2. The second-order valence-corrected chi connectivity index (χ2v) is 6.04. The Labute approximate surface area is 130 Å². The van der Waals surface area contributed by atoms with E-state index < -0.39 is 11.6 Å². The van der Waals surface area contributed by atoms with Crippen LogP contribution in [0.2, 0.25) is 0 Å². The van der Waals surface area contributed by atoms with Crippen LogP contribution in [0.1, 0.15) is 18.4 Å². The number of rotatable bonds is 5. The standard InChI is InChI=1S/C16H14BrF2NO/c17-11-6-12(18)8-14(7-11)21-16-4-1-10(5-15(16)19)9-20-13-2-3-13/h1,4-8,13,20H,2-3,9H2. The van der Waals surface area contributed by atoms with Crippen LogP contribution in [0.5, 0.6) is 11.5 Å². The molecule has 21 heavy (non-hydrogen) atoms. The minimum Gasteiger partial charge on any atom is -0.454 e. The van der Waals surface area contributed by atoms with Crippen molar-refractivity contribution in [1.82, 2.24) is 5.32 Å². The van der Waals surface area contributed by atoms with Gasteiger partial charge in [0.1, 0.15) is 11.6 Å². The molecule has 110 valence electrons. The first-order valence-corrected chi connectivity index (χ1v) is 7.55. The highest BCUT2D eigenvalue weighted by Gasteiger charge is 2.20. The average Bonchev–Trinajstić information content (AvgIpc) is 3.22. The Balaban J connectivity index is 1.72. The van der Waals surface area contributed by atoms with Gasteiger partial charge in [0, 0.05) is 23.1 Å². The first-order valence-electron chi connectivity index (χ1n) is 6.76. The van der Waals surface area contributed by atoms with Crippen LogP contribution in [0.25, 0.3) is 0 Å². The number of hydrogen-bond acceptors (Lipinski definition) is 2. The molecule has 3 rings (SSSR count). The van der Waals surface area contributed by atoms with E-state index in [9.17, 15) is 8.78 Å². The van der Waals surface area contributed by atoms with Gasteiger partial charge >= 0.3 is 0 Å². The zero-order valence-electron chi connectivity index (χ0n) is 11.2. The van der Waals surface area contributed by atoms with Crippen LogP contribution in [0.4, 0.5) is 8.78 Å². The van der Waals surface area contributed by atoms with Crippen molar-refractivity contribution in [3.8, 4) is 11.5 Å². The number of ether oxygens (including phenoxy) is 1. The number of benzene rings is 2. The van der Waals surface area contributed by atoms with E-state index in [0.717, 1.165) is 5.56 Å². The third-order valence-electron chi connectivity index (χ3n) is 3.23. The maximum atomic E-state index is 14.0. The fraction of sp³-hybridized carbons (Fsp3) is 0.250. The van der Waals surface area contributed by atoms with Gasteiger partial charge in [0.05, 0.1) is 0 Å². The molecule has 1 saturated carbocycles. The van der Waals surface area contributed by atoms with Gasteiger partial charge < -0.3 is 10.1 Å². The summed E-state index contributed by atoms with van der Waals surface area (Å²) in [6, 6.07) is 9.51. The van der Waals surface area contributed by atoms with Crippen molar-refractivity contribution in [3.05, 3.63) is 58.1 Å².